The van der Waals surface area contributed by atoms with Gasteiger partial charge in [0.25, 0.3) is 0 Å². The molecule has 1 N–H and O–H groups in total. The molecule has 0 fully saturated rings. The average molecular weight is 287 g/mol. The molecule has 1 aliphatic heterocycles. The number of carbonyl (C=O) groups is 1. The Bertz CT molecular complexity index is 709. The van der Waals surface area contributed by atoms with Gasteiger partial charge in [0, 0.05) is 42.8 Å². The minimum absolute atomic E-state index is 0.292. The number of carboxylic acids is 1. The number of carboxylic acid groups (broad SMARTS) is 1. The van der Waals surface area contributed by atoms with Crippen molar-refractivity contribution in [3.05, 3.63) is 53.9 Å². The van der Waals surface area contributed by atoms with E-state index >= 15 is 0 Å². The van der Waals surface area contributed by atoms with Gasteiger partial charge in [-0.2, -0.15) is 0 Å². The monoisotopic (exact) mass is 287 g/mol. The molecule has 0 bridgehead atoms. The number of aliphatic carboxylic acids is 1. The first-order chi connectivity index (χ1) is 10.1. The second kappa shape index (κ2) is 5.40. The minimum Gasteiger partial charge on any atom is -0.478 e. The molecule has 2 heterocycles. The highest BCUT2D eigenvalue weighted by Gasteiger charge is 2.19. The lowest BCUT2D eigenvalue weighted by Gasteiger charge is -2.30. The predicted molar refractivity (Wildman–Crippen MR) is 76.3 cm³/mol. The van der Waals surface area contributed by atoms with E-state index in [1.54, 1.807) is 18.3 Å². The van der Waals surface area contributed by atoms with E-state index in [4.69, 9.17) is 5.11 Å². The van der Waals surface area contributed by atoms with Gasteiger partial charge in [-0.25, -0.2) is 14.2 Å². The second-order valence-electron chi connectivity index (χ2n) is 4.80. The molecule has 0 radical (unpaired) electrons. The largest absolute Gasteiger partial charge is 0.478 e. The highest BCUT2D eigenvalue weighted by Crippen LogP contribution is 2.27. The molecule has 0 saturated heterocycles. The van der Waals surface area contributed by atoms with Crippen LogP contribution in [0.1, 0.15) is 11.4 Å². The number of nitrogens with zero attached hydrogens (tertiary/aromatic N) is 3. The quantitative estimate of drug-likeness (QED) is 0.879. The van der Waals surface area contributed by atoms with E-state index in [1.807, 2.05) is 11.1 Å². The van der Waals surface area contributed by atoms with Crippen molar-refractivity contribution >= 4 is 17.7 Å². The van der Waals surface area contributed by atoms with Crippen LogP contribution in [0, 0.1) is 5.82 Å². The maximum atomic E-state index is 14.0. The molecule has 0 unspecified atom stereocenters. The Hall–Kier alpha value is -2.63. The number of hydrogen-bond donors (Lipinski definition) is 1. The number of imidazole rings is 1. The minimum atomic E-state index is -1.10. The van der Waals surface area contributed by atoms with Crippen LogP contribution in [0.25, 0.3) is 6.08 Å². The fourth-order valence-corrected chi connectivity index (χ4v) is 2.50. The summed E-state index contributed by atoms with van der Waals surface area (Å²) in [6, 6.07) is 4.75. The predicted octanol–water partition coefficient (Wildman–Crippen LogP) is 2.14. The van der Waals surface area contributed by atoms with Gasteiger partial charge in [0.15, 0.2) is 0 Å². The Balaban J connectivity index is 1.96. The summed E-state index contributed by atoms with van der Waals surface area (Å²) in [4.78, 5) is 16.9. The topological polar surface area (TPSA) is 58.4 Å². The van der Waals surface area contributed by atoms with Crippen LogP contribution in [-0.4, -0.2) is 27.2 Å². The molecule has 21 heavy (non-hydrogen) atoms. The van der Waals surface area contributed by atoms with E-state index in [-0.39, 0.29) is 0 Å². The Morgan fingerprint density at radius 1 is 1.38 bits per heavy atom. The van der Waals surface area contributed by atoms with Gasteiger partial charge in [0.2, 0.25) is 0 Å². The average Bonchev–Trinajstić information content (AvgIpc) is 2.92. The van der Waals surface area contributed by atoms with Gasteiger partial charge < -0.3 is 14.6 Å². The van der Waals surface area contributed by atoms with Crippen molar-refractivity contribution in [2.24, 2.45) is 0 Å². The van der Waals surface area contributed by atoms with Crippen LogP contribution in [0.2, 0.25) is 0 Å². The third-order valence-corrected chi connectivity index (χ3v) is 3.51. The molecule has 0 saturated carbocycles. The SMILES string of the molecule is O=C(O)/C=C/c1c(F)cccc1N1CCn2ccnc2C1. The molecule has 0 spiro atoms. The first-order valence-corrected chi connectivity index (χ1v) is 6.59. The number of aromatic nitrogens is 2. The summed E-state index contributed by atoms with van der Waals surface area (Å²) in [5, 5.41) is 8.73. The van der Waals surface area contributed by atoms with Crippen molar-refractivity contribution in [2.75, 3.05) is 11.4 Å². The Kier molecular flexibility index (Phi) is 3.43. The zero-order valence-corrected chi connectivity index (χ0v) is 11.2. The Morgan fingerprint density at radius 2 is 2.24 bits per heavy atom. The van der Waals surface area contributed by atoms with E-state index in [0.717, 1.165) is 25.0 Å². The highest BCUT2D eigenvalue weighted by atomic mass is 19.1. The smallest absolute Gasteiger partial charge is 0.328 e. The third-order valence-electron chi connectivity index (χ3n) is 3.51. The Morgan fingerprint density at radius 3 is 3.05 bits per heavy atom. The van der Waals surface area contributed by atoms with Crippen LogP contribution < -0.4 is 4.90 Å². The lowest BCUT2D eigenvalue weighted by Crippen LogP contribution is -2.34. The summed E-state index contributed by atoms with van der Waals surface area (Å²) in [5.74, 6) is -0.615. The molecule has 0 amide bonds. The van der Waals surface area contributed by atoms with Crippen LogP contribution in [0.5, 0.6) is 0 Å². The van der Waals surface area contributed by atoms with E-state index in [9.17, 15) is 9.18 Å². The van der Waals surface area contributed by atoms with Crippen molar-refractivity contribution in [2.45, 2.75) is 13.1 Å². The van der Waals surface area contributed by atoms with E-state index in [2.05, 4.69) is 9.55 Å². The second-order valence-corrected chi connectivity index (χ2v) is 4.80. The lowest BCUT2D eigenvalue weighted by molar-refractivity contribution is -0.131. The van der Waals surface area contributed by atoms with E-state index in [0.29, 0.717) is 17.8 Å². The molecule has 1 aromatic carbocycles. The van der Waals surface area contributed by atoms with Gasteiger partial charge in [-0.15, -0.1) is 0 Å². The number of rotatable bonds is 3. The van der Waals surface area contributed by atoms with Gasteiger partial charge in [-0.1, -0.05) is 6.07 Å². The molecular formula is C15H14FN3O2. The molecule has 0 atom stereocenters. The molecule has 0 aliphatic carbocycles. The van der Waals surface area contributed by atoms with Crippen molar-refractivity contribution in [3.8, 4) is 0 Å². The standard InChI is InChI=1S/C15H14FN3O2/c16-12-2-1-3-13(11(12)4-5-15(20)21)19-9-8-18-7-6-17-14(18)10-19/h1-7H,8-10H2,(H,20,21)/b5-4+. The lowest BCUT2D eigenvalue weighted by atomic mass is 10.1. The summed E-state index contributed by atoms with van der Waals surface area (Å²) >= 11 is 0. The van der Waals surface area contributed by atoms with E-state index in [1.165, 1.54) is 12.1 Å². The maximum absolute atomic E-state index is 14.0. The number of benzene rings is 1. The third kappa shape index (κ3) is 2.65. The van der Waals surface area contributed by atoms with Gasteiger partial charge in [-0.3, -0.25) is 0 Å². The van der Waals surface area contributed by atoms with Crippen molar-refractivity contribution in [3.63, 3.8) is 0 Å². The summed E-state index contributed by atoms with van der Waals surface area (Å²) < 4.78 is 16.1. The number of halogens is 1. The van der Waals surface area contributed by atoms with Crippen LogP contribution >= 0.6 is 0 Å². The fraction of sp³-hybridized carbons (Fsp3) is 0.200. The molecule has 108 valence electrons. The molecule has 6 heteroatoms. The summed E-state index contributed by atoms with van der Waals surface area (Å²) in [5.41, 5.74) is 0.974. The number of anilines is 1. The van der Waals surface area contributed by atoms with Gasteiger partial charge in [0.05, 0.1) is 6.54 Å². The van der Waals surface area contributed by atoms with Crippen LogP contribution in [-0.2, 0) is 17.9 Å². The summed E-state index contributed by atoms with van der Waals surface area (Å²) in [6.07, 6.45) is 5.92. The summed E-state index contributed by atoms with van der Waals surface area (Å²) in [6.45, 7) is 2.07. The molecule has 5 nitrogen and oxygen atoms in total. The van der Waals surface area contributed by atoms with Crippen molar-refractivity contribution in [1.82, 2.24) is 9.55 Å². The van der Waals surface area contributed by atoms with Crippen LogP contribution in [0.4, 0.5) is 10.1 Å². The first kappa shape index (κ1) is 13.4. The number of hydrogen-bond acceptors (Lipinski definition) is 3. The molecule has 1 aromatic heterocycles. The van der Waals surface area contributed by atoms with Crippen LogP contribution in [0.15, 0.2) is 36.7 Å². The number of fused-ring (bicyclic) bond motifs is 1. The van der Waals surface area contributed by atoms with Gasteiger partial charge >= 0.3 is 5.97 Å². The zero-order valence-electron chi connectivity index (χ0n) is 11.2. The van der Waals surface area contributed by atoms with Crippen LogP contribution in [0.3, 0.4) is 0 Å². The molecule has 2 aromatic rings. The fourth-order valence-electron chi connectivity index (χ4n) is 2.50. The molecule has 3 rings (SSSR count). The summed E-state index contributed by atoms with van der Waals surface area (Å²) in [7, 11) is 0. The molecule has 1 aliphatic rings. The Labute approximate surface area is 121 Å². The van der Waals surface area contributed by atoms with Crippen molar-refractivity contribution in [1.29, 1.82) is 0 Å². The molecular weight excluding hydrogens is 273 g/mol. The normalized spacial score (nSPS) is 14.4. The first-order valence-electron chi connectivity index (χ1n) is 6.59. The van der Waals surface area contributed by atoms with Crippen molar-refractivity contribution < 1.29 is 14.3 Å². The highest BCUT2D eigenvalue weighted by molar-refractivity contribution is 5.87. The van der Waals surface area contributed by atoms with Gasteiger partial charge in [-0.05, 0) is 18.2 Å². The van der Waals surface area contributed by atoms with E-state index < -0.39 is 11.8 Å². The maximum Gasteiger partial charge on any atom is 0.328 e. The zero-order chi connectivity index (χ0) is 14.8. The van der Waals surface area contributed by atoms with Gasteiger partial charge in [0.1, 0.15) is 11.6 Å².